The van der Waals surface area contributed by atoms with Gasteiger partial charge < -0.3 is 27.8 Å². The summed E-state index contributed by atoms with van der Waals surface area (Å²) in [6.07, 6.45) is 0. The molecule has 2 rings (SSSR count). The van der Waals surface area contributed by atoms with Crippen LogP contribution < -0.4 is 0 Å². The molecule has 0 unspecified atom stereocenters. The summed E-state index contributed by atoms with van der Waals surface area (Å²) in [5, 5.41) is 0. The van der Waals surface area contributed by atoms with E-state index in [2.05, 4.69) is 18.9 Å². The van der Waals surface area contributed by atoms with Gasteiger partial charge in [-0.1, -0.05) is 0 Å². The van der Waals surface area contributed by atoms with Crippen LogP contribution in [0.2, 0.25) is 0 Å². The molecule has 0 atom stereocenters. The maximum absolute atomic E-state index is 12.0. The molecular formula is C16H14O10. The molecule has 26 heavy (non-hydrogen) atoms. The van der Waals surface area contributed by atoms with Gasteiger partial charge in [-0.2, -0.15) is 0 Å². The molecular weight excluding hydrogens is 352 g/mol. The average molecular weight is 366 g/mol. The Morgan fingerprint density at radius 3 is 1.19 bits per heavy atom. The lowest BCUT2D eigenvalue weighted by molar-refractivity contribution is 0.0514. The Morgan fingerprint density at radius 2 is 0.923 bits per heavy atom. The van der Waals surface area contributed by atoms with E-state index >= 15 is 0 Å². The Hall–Kier alpha value is -3.56. The minimum Gasteiger partial charge on any atom is -0.463 e. The van der Waals surface area contributed by atoms with Crippen molar-refractivity contribution in [2.45, 2.75) is 0 Å². The van der Waals surface area contributed by atoms with Gasteiger partial charge in [0.2, 0.25) is 23.0 Å². The van der Waals surface area contributed by atoms with E-state index in [0.29, 0.717) is 0 Å². The lowest BCUT2D eigenvalue weighted by Gasteiger charge is -2.01. The highest BCUT2D eigenvalue weighted by Gasteiger charge is 2.31. The van der Waals surface area contributed by atoms with Gasteiger partial charge in [0.25, 0.3) is 0 Å². The van der Waals surface area contributed by atoms with Gasteiger partial charge in [-0.3, -0.25) is 0 Å². The molecule has 138 valence electrons. The van der Waals surface area contributed by atoms with E-state index in [-0.39, 0.29) is 22.6 Å². The predicted molar refractivity (Wildman–Crippen MR) is 81.8 cm³/mol. The minimum atomic E-state index is -0.924. The molecule has 0 aliphatic rings. The Balaban J connectivity index is 2.72. The number of carbonyl (C=O) groups is 4. The van der Waals surface area contributed by atoms with Gasteiger partial charge in [0, 0.05) is 23.3 Å². The van der Waals surface area contributed by atoms with E-state index in [0.717, 1.165) is 40.6 Å². The van der Waals surface area contributed by atoms with Gasteiger partial charge in [0.05, 0.1) is 28.4 Å². The number of hydrogen-bond acceptors (Lipinski definition) is 10. The normalized spacial score (nSPS) is 10.2. The lowest BCUT2D eigenvalue weighted by atomic mass is 10.1. The summed E-state index contributed by atoms with van der Waals surface area (Å²) in [5.74, 6) is -5.00. The highest BCUT2D eigenvalue weighted by Crippen LogP contribution is 2.34. The molecule has 0 spiro atoms. The second-order valence-corrected chi connectivity index (χ2v) is 4.67. The van der Waals surface area contributed by atoms with Crippen LogP contribution in [0.25, 0.3) is 11.1 Å². The van der Waals surface area contributed by atoms with E-state index in [9.17, 15) is 19.2 Å². The van der Waals surface area contributed by atoms with Crippen molar-refractivity contribution in [1.82, 2.24) is 0 Å². The molecule has 0 aliphatic carbocycles. The fourth-order valence-corrected chi connectivity index (χ4v) is 2.07. The molecule has 0 saturated heterocycles. The monoisotopic (exact) mass is 366 g/mol. The zero-order valence-electron chi connectivity index (χ0n) is 14.2. The number of rotatable bonds is 5. The number of carbonyl (C=O) groups excluding carboxylic acids is 4. The van der Waals surface area contributed by atoms with Crippen molar-refractivity contribution >= 4 is 23.9 Å². The molecule has 0 aromatic carbocycles. The molecule has 2 aromatic heterocycles. The van der Waals surface area contributed by atoms with Crippen LogP contribution in [0.4, 0.5) is 0 Å². The second-order valence-electron chi connectivity index (χ2n) is 4.67. The van der Waals surface area contributed by atoms with E-state index in [4.69, 9.17) is 8.83 Å². The first-order valence-corrected chi connectivity index (χ1v) is 6.99. The quantitative estimate of drug-likeness (QED) is 0.568. The Kier molecular flexibility index (Phi) is 5.45. The van der Waals surface area contributed by atoms with E-state index in [1.165, 1.54) is 0 Å². The summed E-state index contributed by atoms with van der Waals surface area (Å²) in [4.78, 5) is 47.3. The van der Waals surface area contributed by atoms with Crippen molar-refractivity contribution in [3.8, 4) is 11.1 Å². The molecule has 0 bridgehead atoms. The van der Waals surface area contributed by atoms with Gasteiger partial charge in [0.15, 0.2) is 0 Å². The molecule has 0 saturated carbocycles. The first kappa shape index (κ1) is 18.8. The van der Waals surface area contributed by atoms with E-state index < -0.39 is 35.4 Å². The molecule has 0 aliphatic heterocycles. The SMILES string of the molecule is COC(=O)c1cc(-c2cc(C(=O)OC)oc2C(=O)OC)c(C(=O)OC)o1. The van der Waals surface area contributed by atoms with Crippen molar-refractivity contribution < 1.29 is 47.0 Å². The fraction of sp³-hybridized carbons (Fsp3) is 0.250. The predicted octanol–water partition coefficient (Wildman–Crippen LogP) is 1.69. The topological polar surface area (TPSA) is 131 Å². The second kappa shape index (κ2) is 7.55. The summed E-state index contributed by atoms with van der Waals surface area (Å²) < 4.78 is 28.6. The van der Waals surface area contributed by atoms with E-state index in [1.54, 1.807) is 0 Å². The van der Waals surface area contributed by atoms with Crippen LogP contribution in [0.1, 0.15) is 42.2 Å². The minimum absolute atomic E-state index is 0.0310. The summed E-state index contributed by atoms with van der Waals surface area (Å²) in [6, 6.07) is 2.30. The highest BCUT2D eigenvalue weighted by molar-refractivity contribution is 6.03. The lowest BCUT2D eigenvalue weighted by Crippen LogP contribution is -2.04. The van der Waals surface area contributed by atoms with Crippen LogP contribution >= 0.6 is 0 Å². The van der Waals surface area contributed by atoms with Gasteiger partial charge in [0.1, 0.15) is 0 Å². The van der Waals surface area contributed by atoms with Crippen LogP contribution in [0.5, 0.6) is 0 Å². The first-order valence-electron chi connectivity index (χ1n) is 6.99. The number of hydrogen-bond donors (Lipinski definition) is 0. The number of ether oxygens (including phenoxy) is 4. The van der Waals surface area contributed by atoms with Crippen molar-refractivity contribution in [3.05, 3.63) is 35.2 Å². The molecule has 0 N–H and O–H groups in total. The maximum atomic E-state index is 12.0. The Labute approximate surface area is 146 Å². The van der Waals surface area contributed by atoms with Crippen LogP contribution in [-0.2, 0) is 18.9 Å². The van der Waals surface area contributed by atoms with Crippen LogP contribution in [0.15, 0.2) is 21.0 Å². The molecule has 0 amide bonds. The van der Waals surface area contributed by atoms with Gasteiger partial charge in [-0.25, -0.2) is 19.2 Å². The maximum Gasteiger partial charge on any atom is 0.374 e. The van der Waals surface area contributed by atoms with E-state index in [1.807, 2.05) is 0 Å². The third-order valence-corrected chi connectivity index (χ3v) is 3.27. The zero-order valence-corrected chi connectivity index (χ0v) is 14.2. The molecule has 0 fully saturated rings. The van der Waals surface area contributed by atoms with Crippen molar-refractivity contribution in [1.29, 1.82) is 0 Å². The smallest absolute Gasteiger partial charge is 0.374 e. The molecule has 10 nitrogen and oxygen atoms in total. The summed E-state index contributed by atoms with van der Waals surface area (Å²) in [5.41, 5.74) is -0.0619. The molecule has 0 radical (unpaired) electrons. The standard InChI is InChI=1S/C16H14O10/c1-21-13(17)9-5-7(11(25-9)15(19)23-3)8-6-10(14(18)22-2)26-12(8)16(20)24-4/h5-6H,1-4H3. The first-order chi connectivity index (χ1) is 12.4. The van der Waals surface area contributed by atoms with Crippen molar-refractivity contribution in [3.63, 3.8) is 0 Å². The summed E-state index contributed by atoms with van der Waals surface area (Å²) in [6.45, 7) is 0. The Bertz CT molecular complexity index is 797. The Morgan fingerprint density at radius 1 is 0.615 bits per heavy atom. The largest absolute Gasteiger partial charge is 0.463 e. The molecule has 2 heterocycles. The summed E-state index contributed by atoms with van der Waals surface area (Å²) in [7, 11) is 4.44. The van der Waals surface area contributed by atoms with Crippen LogP contribution in [0.3, 0.4) is 0 Å². The number of furan rings is 2. The van der Waals surface area contributed by atoms with Crippen molar-refractivity contribution in [2.24, 2.45) is 0 Å². The van der Waals surface area contributed by atoms with Gasteiger partial charge in [-0.05, 0) is 0 Å². The number of methoxy groups -OCH3 is 4. The van der Waals surface area contributed by atoms with Crippen molar-refractivity contribution in [2.75, 3.05) is 28.4 Å². The molecule has 2 aromatic rings. The third kappa shape index (κ3) is 3.29. The fourth-order valence-electron chi connectivity index (χ4n) is 2.07. The number of esters is 4. The zero-order chi connectivity index (χ0) is 19.4. The van der Waals surface area contributed by atoms with Gasteiger partial charge >= 0.3 is 23.9 Å². The molecule has 10 heteroatoms. The van der Waals surface area contributed by atoms with Crippen LogP contribution in [-0.4, -0.2) is 52.3 Å². The van der Waals surface area contributed by atoms with Crippen LogP contribution in [0, 0.1) is 0 Å². The van der Waals surface area contributed by atoms with Gasteiger partial charge in [-0.15, -0.1) is 0 Å². The third-order valence-electron chi connectivity index (χ3n) is 3.27. The summed E-state index contributed by atoms with van der Waals surface area (Å²) >= 11 is 0. The average Bonchev–Trinajstić information content (AvgIpc) is 3.29. The highest BCUT2D eigenvalue weighted by atomic mass is 16.6.